The molecule has 0 spiro atoms. The second-order valence-electron chi connectivity index (χ2n) is 4.99. The van der Waals surface area contributed by atoms with Gasteiger partial charge in [0, 0.05) is 13.5 Å². The number of methoxy groups -OCH3 is 1. The van der Waals surface area contributed by atoms with Crippen LogP contribution in [0, 0.1) is 0 Å². The Labute approximate surface area is 115 Å². The highest BCUT2D eigenvalue weighted by Crippen LogP contribution is 2.48. The maximum Gasteiger partial charge on any atom is 0.474 e. The van der Waals surface area contributed by atoms with E-state index in [1.54, 1.807) is 0 Å². The zero-order valence-electron chi connectivity index (χ0n) is 12.4. The van der Waals surface area contributed by atoms with Gasteiger partial charge >= 0.3 is 13.8 Å². The van der Waals surface area contributed by atoms with Crippen LogP contribution in [-0.4, -0.2) is 65.6 Å². The topological polar surface area (TPSA) is 71.1 Å². The van der Waals surface area contributed by atoms with E-state index in [4.69, 9.17) is 13.6 Å². The van der Waals surface area contributed by atoms with Crippen LogP contribution in [0.5, 0.6) is 0 Å². The van der Waals surface area contributed by atoms with Gasteiger partial charge in [-0.15, -0.1) is 0 Å². The van der Waals surface area contributed by atoms with Crippen molar-refractivity contribution in [2.75, 3.05) is 55.1 Å². The second-order valence-corrected chi connectivity index (χ2v) is 6.77. The van der Waals surface area contributed by atoms with Crippen LogP contribution in [-0.2, 0) is 27.7 Å². The van der Waals surface area contributed by atoms with E-state index in [9.17, 15) is 9.36 Å². The molecule has 19 heavy (non-hydrogen) atoms. The van der Waals surface area contributed by atoms with Gasteiger partial charge in [0.1, 0.15) is 13.2 Å². The summed E-state index contributed by atoms with van der Waals surface area (Å²) in [5.41, 5.74) is 0. The lowest BCUT2D eigenvalue weighted by Gasteiger charge is -2.24. The van der Waals surface area contributed by atoms with Crippen molar-refractivity contribution in [2.45, 2.75) is 12.8 Å². The molecular formula is C11H25NO6P+. The maximum absolute atomic E-state index is 12.0. The average molecular weight is 298 g/mol. The highest BCUT2D eigenvalue weighted by atomic mass is 31.2. The Morgan fingerprint density at radius 1 is 1.11 bits per heavy atom. The summed E-state index contributed by atoms with van der Waals surface area (Å²) in [5.74, 6) is -0.332. The summed E-state index contributed by atoms with van der Waals surface area (Å²) in [7, 11) is 5.07. The first kappa shape index (κ1) is 18.5. The van der Waals surface area contributed by atoms with Gasteiger partial charge in [0.15, 0.2) is 0 Å². The molecule has 0 aromatic rings. The number of likely N-dealkylation sites (N-methyl/N-ethyl adjacent to an activating group) is 1. The Kier molecular flexibility index (Phi) is 8.45. The molecule has 0 aromatic heterocycles. The predicted molar refractivity (Wildman–Crippen MR) is 70.7 cm³/mol. The van der Waals surface area contributed by atoms with E-state index in [0.717, 1.165) is 0 Å². The van der Waals surface area contributed by atoms with Crippen LogP contribution in [0.1, 0.15) is 12.8 Å². The Hall–Kier alpha value is -0.460. The minimum atomic E-state index is -3.52. The molecule has 1 atom stereocenters. The molecule has 0 bridgehead atoms. The standard InChI is InChI=1S/C11H25NO6P/c1-12(2,3)8-10-18-19(14,16-5)17-9-6-7-11(13)15-4/h6-10H2,1-5H3/q+1. The number of nitrogens with zero attached hydrogens (tertiary/aromatic N) is 1. The number of rotatable bonds is 10. The van der Waals surface area contributed by atoms with Gasteiger partial charge in [-0.3, -0.25) is 18.4 Å². The summed E-state index contributed by atoms with van der Waals surface area (Å²) < 4.78 is 32.2. The van der Waals surface area contributed by atoms with Crippen molar-refractivity contribution < 1.29 is 32.2 Å². The third-order valence-electron chi connectivity index (χ3n) is 2.24. The Morgan fingerprint density at radius 2 is 1.68 bits per heavy atom. The number of hydrogen-bond acceptors (Lipinski definition) is 6. The van der Waals surface area contributed by atoms with Gasteiger partial charge in [-0.2, -0.15) is 0 Å². The fraction of sp³-hybridized carbons (Fsp3) is 0.909. The normalized spacial score (nSPS) is 15.0. The van der Waals surface area contributed by atoms with Crippen LogP contribution >= 0.6 is 7.82 Å². The fourth-order valence-electron chi connectivity index (χ4n) is 1.06. The molecule has 0 saturated heterocycles. The molecule has 0 aromatic carbocycles. The average Bonchev–Trinajstić information content (AvgIpc) is 2.32. The number of hydrogen-bond donors (Lipinski definition) is 0. The first-order chi connectivity index (χ1) is 8.72. The monoisotopic (exact) mass is 298 g/mol. The van der Waals surface area contributed by atoms with E-state index < -0.39 is 7.82 Å². The van der Waals surface area contributed by atoms with Gasteiger partial charge in [-0.1, -0.05) is 0 Å². The second kappa shape index (κ2) is 8.66. The number of phosphoric ester groups is 1. The van der Waals surface area contributed by atoms with Crippen molar-refractivity contribution >= 4 is 13.8 Å². The molecular weight excluding hydrogens is 273 g/mol. The van der Waals surface area contributed by atoms with Crippen molar-refractivity contribution in [2.24, 2.45) is 0 Å². The summed E-state index contributed by atoms with van der Waals surface area (Å²) in [6.07, 6.45) is 0.609. The minimum absolute atomic E-state index is 0.116. The predicted octanol–water partition coefficient (Wildman–Crippen LogP) is 1.43. The Balaban J connectivity index is 3.96. The van der Waals surface area contributed by atoms with E-state index in [2.05, 4.69) is 4.74 Å². The van der Waals surface area contributed by atoms with Gasteiger partial charge in [0.05, 0.1) is 34.9 Å². The van der Waals surface area contributed by atoms with Gasteiger partial charge in [-0.25, -0.2) is 4.57 Å². The molecule has 0 aliphatic rings. The molecule has 0 heterocycles. The number of phosphoric acid groups is 1. The van der Waals surface area contributed by atoms with Crippen molar-refractivity contribution in [3.8, 4) is 0 Å². The van der Waals surface area contributed by atoms with Crippen LogP contribution in [0.4, 0.5) is 0 Å². The number of carbonyl (C=O) groups is 1. The maximum atomic E-state index is 12.0. The molecule has 0 rings (SSSR count). The van der Waals surface area contributed by atoms with Gasteiger partial charge in [0.2, 0.25) is 0 Å². The zero-order valence-corrected chi connectivity index (χ0v) is 13.3. The Morgan fingerprint density at radius 3 is 2.16 bits per heavy atom. The van der Waals surface area contributed by atoms with E-state index in [0.29, 0.717) is 17.4 Å². The van der Waals surface area contributed by atoms with Crippen LogP contribution in [0.2, 0.25) is 0 Å². The molecule has 0 aliphatic carbocycles. The third kappa shape index (κ3) is 10.0. The van der Waals surface area contributed by atoms with Gasteiger partial charge in [0.25, 0.3) is 0 Å². The molecule has 7 nitrogen and oxygen atoms in total. The lowest BCUT2D eigenvalue weighted by atomic mass is 10.3. The molecule has 8 heteroatoms. The summed E-state index contributed by atoms with van der Waals surface area (Å²) in [5, 5.41) is 0. The fourth-order valence-corrected chi connectivity index (χ4v) is 2.01. The first-order valence-corrected chi connectivity index (χ1v) is 7.50. The zero-order chi connectivity index (χ0) is 14.9. The SMILES string of the molecule is COC(=O)CCCOP(=O)(OC)OCC[N+](C)(C)C. The first-order valence-electron chi connectivity index (χ1n) is 6.04. The molecule has 0 saturated carbocycles. The summed E-state index contributed by atoms with van der Waals surface area (Å²) in [6, 6.07) is 0. The highest BCUT2D eigenvalue weighted by molar-refractivity contribution is 7.48. The highest BCUT2D eigenvalue weighted by Gasteiger charge is 2.25. The number of quaternary nitrogens is 1. The molecule has 1 unspecified atom stereocenters. The van der Waals surface area contributed by atoms with Crippen LogP contribution in [0.15, 0.2) is 0 Å². The molecule has 0 amide bonds. The van der Waals surface area contributed by atoms with Gasteiger partial charge in [-0.05, 0) is 6.42 Å². The molecule has 0 N–H and O–H groups in total. The van der Waals surface area contributed by atoms with Crippen LogP contribution < -0.4 is 0 Å². The van der Waals surface area contributed by atoms with Crippen LogP contribution in [0.3, 0.4) is 0 Å². The molecule has 0 radical (unpaired) electrons. The van der Waals surface area contributed by atoms with E-state index in [-0.39, 0.29) is 25.6 Å². The number of esters is 1. The lowest BCUT2D eigenvalue weighted by molar-refractivity contribution is -0.870. The largest absolute Gasteiger partial charge is 0.474 e. The van der Waals surface area contributed by atoms with E-state index in [1.165, 1.54) is 14.2 Å². The minimum Gasteiger partial charge on any atom is -0.469 e. The van der Waals surface area contributed by atoms with Crippen molar-refractivity contribution in [3.05, 3.63) is 0 Å². The quantitative estimate of drug-likeness (QED) is 0.263. The van der Waals surface area contributed by atoms with E-state index >= 15 is 0 Å². The molecule has 0 fully saturated rings. The summed E-state index contributed by atoms with van der Waals surface area (Å²) in [6.45, 7) is 1.06. The summed E-state index contributed by atoms with van der Waals surface area (Å²) in [4.78, 5) is 10.9. The van der Waals surface area contributed by atoms with Crippen molar-refractivity contribution in [1.82, 2.24) is 0 Å². The summed E-state index contributed by atoms with van der Waals surface area (Å²) >= 11 is 0. The van der Waals surface area contributed by atoms with Crippen LogP contribution in [0.25, 0.3) is 0 Å². The van der Waals surface area contributed by atoms with Crippen molar-refractivity contribution in [3.63, 3.8) is 0 Å². The Bertz CT molecular complexity index is 315. The van der Waals surface area contributed by atoms with Crippen molar-refractivity contribution in [1.29, 1.82) is 0 Å². The molecule has 0 aliphatic heterocycles. The molecule has 114 valence electrons. The smallest absolute Gasteiger partial charge is 0.469 e. The van der Waals surface area contributed by atoms with E-state index in [1.807, 2.05) is 21.1 Å². The third-order valence-corrected chi connectivity index (χ3v) is 3.68. The van der Waals surface area contributed by atoms with Gasteiger partial charge < -0.3 is 9.22 Å². The number of ether oxygens (including phenoxy) is 1. The number of carbonyl (C=O) groups excluding carboxylic acids is 1. The lowest BCUT2D eigenvalue weighted by Crippen LogP contribution is -2.37.